The molecule has 8 heteroatoms. The number of para-hydroxylation sites is 2. The van der Waals surface area contributed by atoms with Crippen LogP contribution in [0.4, 0.5) is 0 Å². The second-order valence-corrected chi connectivity index (χ2v) is 14.8. The van der Waals surface area contributed by atoms with E-state index in [9.17, 15) is 0 Å². The van der Waals surface area contributed by atoms with Crippen LogP contribution in [0.1, 0.15) is 0 Å². The lowest BCUT2D eigenvalue weighted by atomic mass is 10.00. The SMILES string of the molecule is c1ccc(-c2nc(-c3ccc(-c4cccc5cccnc45)cc3)cc(-c3nc(-c4ccccc4)nc(-c4ccc(-c5nc(-c6ccccc6)nc6ccccc56)cc4)n3)n2)cc1. The van der Waals surface area contributed by atoms with Crippen molar-refractivity contribution in [1.82, 2.24) is 39.9 Å². The van der Waals surface area contributed by atoms with Crippen molar-refractivity contribution >= 4 is 21.8 Å². The molecule has 290 valence electrons. The van der Waals surface area contributed by atoms with Crippen LogP contribution in [0.2, 0.25) is 0 Å². The second kappa shape index (κ2) is 15.9. The predicted molar refractivity (Wildman–Crippen MR) is 247 cm³/mol. The molecule has 4 aromatic heterocycles. The molecule has 0 bridgehead atoms. The maximum Gasteiger partial charge on any atom is 0.182 e. The van der Waals surface area contributed by atoms with E-state index >= 15 is 0 Å². The number of nitrogens with zero attached hydrogens (tertiary/aromatic N) is 8. The van der Waals surface area contributed by atoms with Gasteiger partial charge in [-0.25, -0.2) is 34.9 Å². The Morgan fingerprint density at radius 1 is 0.290 bits per heavy atom. The molecule has 0 radical (unpaired) electrons. The summed E-state index contributed by atoms with van der Waals surface area (Å²) in [5.74, 6) is 2.74. The van der Waals surface area contributed by atoms with E-state index < -0.39 is 0 Å². The van der Waals surface area contributed by atoms with Crippen molar-refractivity contribution in [3.63, 3.8) is 0 Å². The Kier molecular flexibility index (Phi) is 9.33. The van der Waals surface area contributed by atoms with Crippen molar-refractivity contribution in [3.8, 4) is 90.7 Å². The average molecular weight is 795 g/mol. The Balaban J connectivity index is 1.02. The normalized spacial score (nSPS) is 11.2. The molecular formula is C54H34N8. The molecule has 0 saturated carbocycles. The molecule has 0 N–H and O–H groups in total. The highest BCUT2D eigenvalue weighted by Crippen LogP contribution is 2.34. The summed E-state index contributed by atoms with van der Waals surface area (Å²) in [4.78, 5) is 40.1. The number of hydrogen-bond donors (Lipinski definition) is 0. The molecule has 11 rings (SSSR count). The molecule has 0 spiro atoms. The highest BCUT2D eigenvalue weighted by molar-refractivity contribution is 5.95. The van der Waals surface area contributed by atoms with Gasteiger partial charge in [-0.2, -0.15) is 0 Å². The van der Waals surface area contributed by atoms with Gasteiger partial charge in [0, 0.05) is 55.9 Å². The third-order valence-corrected chi connectivity index (χ3v) is 10.8. The smallest absolute Gasteiger partial charge is 0.182 e. The van der Waals surface area contributed by atoms with Gasteiger partial charge in [0.1, 0.15) is 5.69 Å². The molecule has 8 nitrogen and oxygen atoms in total. The first-order valence-electron chi connectivity index (χ1n) is 20.3. The van der Waals surface area contributed by atoms with Crippen molar-refractivity contribution in [2.45, 2.75) is 0 Å². The van der Waals surface area contributed by atoms with Crippen LogP contribution in [0.25, 0.3) is 113 Å². The van der Waals surface area contributed by atoms with Crippen LogP contribution < -0.4 is 0 Å². The van der Waals surface area contributed by atoms with E-state index in [4.69, 9.17) is 34.9 Å². The first-order valence-corrected chi connectivity index (χ1v) is 20.3. The van der Waals surface area contributed by atoms with Gasteiger partial charge in [-0.1, -0.05) is 182 Å². The second-order valence-electron chi connectivity index (χ2n) is 14.8. The Labute approximate surface area is 357 Å². The van der Waals surface area contributed by atoms with Gasteiger partial charge in [0.2, 0.25) is 0 Å². The molecule has 0 aliphatic rings. The highest BCUT2D eigenvalue weighted by atomic mass is 15.1. The van der Waals surface area contributed by atoms with E-state index in [0.717, 1.165) is 77.7 Å². The van der Waals surface area contributed by atoms with Crippen LogP contribution in [-0.2, 0) is 0 Å². The highest BCUT2D eigenvalue weighted by Gasteiger charge is 2.18. The van der Waals surface area contributed by atoms with Crippen LogP contribution in [0.15, 0.2) is 206 Å². The van der Waals surface area contributed by atoms with E-state index in [-0.39, 0.29) is 0 Å². The fraction of sp³-hybridized carbons (Fsp3) is 0. The fourth-order valence-electron chi connectivity index (χ4n) is 7.71. The van der Waals surface area contributed by atoms with Gasteiger partial charge < -0.3 is 0 Å². The van der Waals surface area contributed by atoms with Crippen molar-refractivity contribution in [3.05, 3.63) is 206 Å². The standard InChI is InChI=1S/C54H34N8/c1-4-14-39(15-5-1)50-57-46(36-27-25-35(26-28-36)43-23-12-20-37-21-13-33-55-48(37)43)34-47(58-50)54-61-52(41-18-8-3-9-19-41)60-53(62-54)42-31-29-38(30-32-42)49-44-22-10-11-24-45(44)56-51(59-49)40-16-6-2-7-17-40/h1-34H. The number of benzene rings is 7. The van der Waals surface area contributed by atoms with E-state index in [1.165, 1.54) is 0 Å². The molecule has 11 aromatic rings. The van der Waals surface area contributed by atoms with Crippen LogP contribution in [-0.4, -0.2) is 39.9 Å². The molecular weight excluding hydrogens is 761 g/mol. The summed E-state index contributed by atoms with van der Waals surface area (Å²) in [5.41, 5.74) is 11.6. The predicted octanol–water partition coefficient (Wildman–Crippen LogP) is 12.5. The molecule has 0 saturated heterocycles. The summed E-state index contributed by atoms with van der Waals surface area (Å²) in [6, 6.07) is 67.0. The van der Waals surface area contributed by atoms with Crippen LogP contribution >= 0.6 is 0 Å². The molecule has 0 amide bonds. The number of pyridine rings is 1. The third kappa shape index (κ3) is 7.12. The summed E-state index contributed by atoms with van der Waals surface area (Å²) in [7, 11) is 0. The van der Waals surface area contributed by atoms with E-state index in [2.05, 4.69) is 71.7 Å². The lowest BCUT2D eigenvalue weighted by Crippen LogP contribution is -2.03. The zero-order valence-corrected chi connectivity index (χ0v) is 33.2. The maximum atomic E-state index is 5.11. The molecule has 4 heterocycles. The minimum atomic E-state index is 0.437. The van der Waals surface area contributed by atoms with Gasteiger partial charge in [0.05, 0.1) is 22.4 Å². The number of fused-ring (bicyclic) bond motifs is 2. The maximum absolute atomic E-state index is 5.11. The topological polar surface area (TPSA) is 103 Å². The largest absolute Gasteiger partial charge is 0.256 e. The molecule has 62 heavy (non-hydrogen) atoms. The zero-order valence-electron chi connectivity index (χ0n) is 33.2. The number of aromatic nitrogens is 8. The summed E-state index contributed by atoms with van der Waals surface area (Å²) in [6.07, 6.45) is 1.84. The summed E-state index contributed by atoms with van der Waals surface area (Å²) < 4.78 is 0. The molecule has 0 aliphatic heterocycles. The van der Waals surface area contributed by atoms with E-state index in [0.29, 0.717) is 34.8 Å². The monoisotopic (exact) mass is 794 g/mol. The molecule has 7 aromatic carbocycles. The van der Waals surface area contributed by atoms with Crippen LogP contribution in [0.3, 0.4) is 0 Å². The van der Waals surface area contributed by atoms with Crippen molar-refractivity contribution < 1.29 is 0 Å². The third-order valence-electron chi connectivity index (χ3n) is 10.8. The lowest BCUT2D eigenvalue weighted by molar-refractivity contribution is 1.05. The quantitative estimate of drug-likeness (QED) is 0.150. The fourth-order valence-corrected chi connectivity index (χ4v) is 7.71. The number of hydrogen-bond acceptors (Lipinski definition) is 8. The molecule has 0 atom stereocenters. The lowest BCUT2D eigenvalue weighted by Gasteiger charge is -2.12. The first kappa shape index (κ1) is 36.5. The van der Waals surface area contributed by atoms with E-state index in [1.807, 2.05) is 140 Å². The van der Waals surface area contributed by atoms with Crippen LogP contribution in [0, 0.1) is 0 Å². The van der Waals surface area contributed by atoms with Gasteiger partial charge in [-0.3, -0.25) is 4.98 Å². The summed E-state index contributed by atoms with van der Waals surface area (Å²) in [5, 5.41) is 2.07. The van der Waals surface area contributed by atoms with Gasteiger partial charge in [0.15, 0.2) is 29.1 Å². The Hall–Kier alpha value is -8.62. The first-order chi connectivity index (χ1) is 30.7. The van der Waals surface area contributed by atoms with Gasteiger partial charge in [-0.05, 0) is 23.8 Å². The van der Waals surface area contributed by atoms with Gasteiger partial charge in [-0.15, -0.1) is 0 Å². The summed E-state index contributed by atoms with van der Waals surface area (Å²) >= 11 is 0. The molecule has 0 fully saturated rings. The Morgan fingerprint density at radius 3 is 1.47 bits per heavy atom. The average Bonchev–Trinajstić information content (AvgIpc) is 3.36. The van der Waals surface area contributed by atoms with Gasteiger partial charge >= 0.3 is 0 Å². The Bertz CT molecular complexity index is 3370. The van der Waals surface area contributed by atoms with Crippen LogP contribution in [0.5, 0.6) is 0 Å². The summed E-state index contributed by atoms with van der Waals surface area (Å²) in [6.45, 7) is 0. The van der Waals surface area contributed by atoms with E-state index in [1.54, 1.807) is 0 Å². The minimum absolute atomic E-state index is 0.437. The molecule has 0 aliphatic carbocycles. The number of rotatable bonds is 8. The molecule has 0 unspecified atom stereocenters. The zero-order chi connectivity index (χ0) is 41.2. The minimum Gasteiger partial charge on any atom is -0.256 e. The Morgan fingerprint density at radius 2 is 0.790 bits per heavy atom. The van der Waals surface area contributed by atoms with Crippen molar-refractivity contribution in [2.75, 3.05) is 0 Å². The van der Waals surface area contributed by atoms with Gasteiger partial charge in [0.25, 0.3) is 0 Å². The van der Waals surface area contributed by atoms with Crippen molar-refractivity contribution in [2.24, 2.45) is 0 Å². The van der Waals surface area contributed by atoms with Crippen molar-refractivity contribution in [1.29, 1.82) is 0 Å².